The molecule has 0 spiro atoms. The van der Waals surface area contributed by atoms with Crippen LogP contribution in [-0.4, -0.2) is 24.2 Å². The summed E-state index contributed by atoms with van der Waals surface area (Å²) in [4.78, 5) is 0. The van der Waals surface area contributed by atoms with E-state index in [1.165, 1.54) is 12.0 Å². The van der Waals surface area contributed by atoms with Gasteiger partial charge in [0, 0.05) is 24.7 Å². The molecule has 0 amide bonds. The summed E-state index contributed by atoms with van der Waals surface area (Å²) in [5.74, 6) is 0.947. The minimum absolute atomic E-state index is 0.232. The fraction of sp³-hybridized carbons (Fsp3) is 0.625. The topological polar surface area (TPSA) is 33.3 Å². The summed E-state index contributed by atoms with van der Waals surface area (Å²) >= 11 is 0. The number of ether oxygens (including phenoxy) is 1. The fourth-order valence-corrected chi connectivity index (χ4v) is 2.52. The molecule has 106 valence electrons. The molecule has 1 unspecified atom stereocenters. The summed E-state index contributed by atoms with van der Waals surface area (Å²) in [5, 5.41) is 7.14. The largest absolute Gasteiger partial charge is 0.491 e. The first-order valence-corrected chi connectivity index (χ1v) is 7.19. The van der Waals surface area contributed by atoms with Crippen LogP contribution in [-0.2, 0) is 6.54 Å². The normalized spacial score (nSPS) is 21.8. The summed E-state index contributed by atoms with van der Waals surface area (Å²) in [6.07, 6.45) is 1.41. The molecule has 0 bridgehead atoms. The van der Waals surface area contributed by atoms with Crippen LogP contribution < -0.4 is 15.4 Å². The number of benzene rings is 1. The Labute approximate surface area is 116 Å². The van der Waals surface area contributed by atoms with Gasteiger partial charge >= 0.3 is 0 Å². The minimum atomic E-state index is 0.232. The minimum Gasteiger partial charge on any atom is -0.491 e. The van der Waals surface area contributed by atoms with Crippen LogP contribution in [0.2, 0.25) is 0 Å². The van der Waals surface area contributed by atoms with Crippen molar-refractivity contribution in [2.75, 3.05) is 6.54 Å². The number of hydrogen-bond donors (Lipinski definition) is 2. The molecule has 0 aliphatic carbocycles. The van der Waals surface area contributed by atoms with Gasteiger partial charge in [-0.3, -0.25) is 0 Å². The molecule has 2 rings (SSSR count). The number of nitrogens with one attached hydrogen (secondary N) is 2. The second kappa shape index (κ2) is 5.93. The Kier molecular flexibility index (Phi) is 4.48. The third-order valence-electron chi connectivity index (χ3n) is 3.47. The van der Waals surface area contributed by atoms with E-state index in [1.54, 1.807) is 0 Å². The van der Waals surface area contributed by atoms with Crippen molar-refractivity contribution in [3.8, 4) is 5.75 Å². The Balaban J connectivity index is 1.80. The van der Waals surface area contributed by atoms with Gasteiger partial charge in [0.15, 0.2) is 0 Å². The maximum absolute atomic E-state index is 5.64. The third-order valence-corrected chi connectivity index (χ3v) is 3.47. The summed E-state index contributed by atoms with van der Waals surface area (Å²) in [6.45, 7) is 10.6. The standard InChI is InChI=1S/C16H26N2O/c1-12(2)19-15-7-5-13(6-8-15)10-17-14-9-16(3,4)18-11-14/h5-8,12,14,17-18H,9-11H2,1-4H3. The molecule has 1 aromatic carbocycles. The summed E-state index contributed by atoms with van der Waals surface area (Å²) in [7, 11) is 0. The second-order valence-electron chi connectivity index (χ2n) is 6.36. The van der Waals surface area contributed by atoms with Gasteiger partial charge < -0.3 is 15.4 Å². The Morgan fingerprint density at radius 2 is 2.00 bits per heavy atom. The van der Waals surface area contributed by atoms with Gasteiger partial charge in [0.25, 0.3) is 0 Å². The molecule has 3 nitrogen and oxygen atoms in total. The molecule has 0 aromatic heterocycles. The molecule has 1 atom stereocenters. The highest BCUT2D eigenvalue weighted by molar-refractivity contribution is 5.27. The molecule has 1 aliphatic rings. The van der Waals surface area contributed by atoms with Crippen molar-refractivity contribution in [1.29, 1.82) is 0 Å². The molecule has 19 heavy (non-hydrogen) atoms. The predicted octanol–water partition coefficient (Wildman–Crippen LogP) is 2.70. The highest BCUT2D eigenvalue weighted by Gasteiger charge is 2.29. The quantitative estimate of drug-likeness (QED) is 0.856. The smallest absolute Gasteiger partial charge is 0.119 e. The van der Waals surface area contributed by atoms with E-state index in [4.69, 9.17) is 4.74 Å². The van der Waals surface area contributed by atoms with E-state index in [2.05, 4.69) is 36.6 Å². The Morgan fingerprint density at radius 3 is 2.53 bits per heavy atom. The van der Waals surface area contributed by atoms with Crippen LogP contribution in [0.1, 0.15) is 39.7 Å². The molecular weight excluding hydrogens is 236 g/mol. The molecular formula is C16H26N2O. The zero-order valence-corrected chi connectivity index (χ0v) is 12.5. The Morgan fingerprint density at radius 1 is 1.32 bits per heavy atom. The van der Waals surface area contributed by atoms with E-state index in [1.807, 2.05) is 26.0 Å². The average molecular weight is 262 g/mol. The monoisotopic (exact) mass is 262 g/mol. The Hall–Kier alpha value is -1.06. The Bertz CT molecular complexity index is 398. The highest BCUT2D eigenvalue weighted by atomic mass is 16.5. The summed E-state index contributed by atoms with van der Waals surface area (Å²) in [5.41, 5.74) is 1.58. The van der Waals surface area contributed by atoms with Crippen molar-refractivity contribution in [3.63, 3.8) is 0 Å². The first-order chi connectivity index (χ1) is 8.94. The maximum Gasteiger partial charge on any atom is 0.119 e. The van der Waals surface area contributed by atoms with Crippen LogP contribution in [0, 0.1) is 0 Å². The van der Waals surface area contributed by atoms with Crippen molar-refractivity contribution in [1.82, 2.24) is 10.6 Å². The lowest BCUT2D eigenvalue weighted by atomic mass is 10.0. The van der Waals surface area contributed by atoms with Crippen LogP contribution >= 0.6 is 0 Å². The van der Waals surface area contributed by atoms with Gasteiger partial charge in [0.2, 0.25) is 0 Å². The SMILES string of the molecule is CC(C)Oc1ccc(CNC2CNC(C)(C)C2)cc1. The number of hydrogen-bond acceptors (Lipinski definition) is 3. The van der Waals surface area contributed by atoms with E-state index < -0.39 is 0 Å². The first kappa shape index (κ1) is 14.4. The van der Waals surface area contributed by atoms with E-state index in [9.17, 15) is 0 Å². The molecule has 0 saturated carbocycles. The van der Waals surface area contributed by atoms with E-state index in [0.717, 1.165) is 18.8 Å². The molecule has 1 saturated heterocycles. The predicted molar refractivity (Wildman–Crippen MR) is 79.5 cm³/mol. The highest BCUT2D eigenvalue weighted by Crippen LogP contribution is 2.18. The van der Waals surface area contributed by atoms with Crippen molar-refractivity contribution < 1.29 is 4.74 Å². The van der Waals surface area contributed by atoms with Crippen molar-refractivity contribution in [2.24, 2.45) is 0 Å². The molecule has 1 aliphatic heterocycles. The van der Waals surface area contributed by atoms with E-state index in [0.29, 0.717) is 6.04 Å². The lowest BCUT2D eigenvalue weighted by molar-refractivity contribution is 0.242. The summed E-state index contributed by atoms with van der Waals surface area (Å²) in [6, 6.07) is 8.94. The van der Waals surface area contributed by atoms with Crippen LogP contribution in [0.3, 0.4) is 0 Å². The van der Waals surface area contributed by atoms with Gasteiger partial charge in [0.05, 0.1) is 6.10 Å². The zero-order valence-electron chi connectivity index (χ0n) is 12.5. The lowest BCUT2D eigenvalue weighted by Gasteiger charge is -2.17. The van der Waals surface area contributed by atoms with Crippen LogP contribution in [0.15, 0.2) is 24.3 Å². The van der Waals surface area contributed by atoms with Gasteiger partial charge in [-0.2, -0.15) is 0 Å². The first-order valence-electron chi connectivity index (χ1n) is 7.19. The zero-order chi connectivity index (χ0) is 13.9. The van der Waals surface area contributed by atoms with E-state index >= 15 is 0 Å². The molecule has 1 fully saturated rings. The van der Waals surface area contributed by atoms with Crippen molar-refractivity contribution in [2.45, 2.75) is 58.3 Å². The van der Waals surface area contributed by atoms with Crippen molar-refractivity contribution in [3.05, 3.63) is 29.8 Å². The molecule has 1 aromatic rings. The maximum atomic E-state index is 5.64. The van der Waals surface area contributed by atoms with Gasteiger partial charge in [-0.1, -0.05) is 12.1 Å². The van der Waals surface area contributed by atoms with Crippen molar-refractivity contribution >= 4 is 0 Å². The molecule has 1 heterocycles. The third kappa shape index (κ3) is 4.51. The van der Waals surface area contributed by atoms with Crippen LogP contribution in [0.5, 0.6) is 5.75 Å². The molecule has 0 radical (unpaired) electrons. The molecule has 2 N–H and O–H groups in total. The van der Waals surface area contributed by atoms with Gasteiger partial charge in [-0.25, -0.2) is 0 Å². The lowest BCUT2D eigenvalue weighted by Crippen LogP contribution is -2.31. The van der Waals surface area contributed by atoms with Gasteiger partial charge in [-0.05, 0) is 51.8 Å². The van der Waals surface area contributed by atoms with Gasteiger partial charge in [0.1, 0.15) is 5.75 Å². The average Bonchev–Trinajstić information content (AvgIpc) is 2.67. The summed E-state index contributed by atoms with van der Waals surface area (Å²) < 4.78 is 5.64. The van der Waals surface area contributed by atoms with Crippen LogP contribution in [0.4, 0.5) is 0 Å². The second-order valence-corrected chi connectivity index (χ2v) is 6.36. The van der Waals surface area contributed by atoms with Gasteiger partial charge in [-0.15, -0.1) is 0 Å². The molecule has 3 heteroatoms. The fourth-order valence-electron chi connectivity index (χ4n) is 2.52. The van der Waals surface area contributed by atoms with E-state index in [-0.39, 0.29) is 11.6 Å². The number of rotatable bonds is 5. The van der Waals surface area contributed by atoms with Crippen LogP contribution in [0.25, 0.3) is 0 Å².